The van der Waals surface area contributed by atoms with Gasteiger partial charge in [-0.05, 0) is 23.8 Å². The SMILES string of the molecule is ClC/C=C/c1ccc(-n2cccn2)cc1. The van der Waals surface area contributed by atoms with Crippen LogP contribution in [0.4, 0.5) is 0 Å². The van der Waals surface area contributed by atoms with Crippen LogP contribution in [0.2, 0.25) is 0 Å². The lowest BCUT2D eigenvalue weighted by Crippen LogP contribution is -1.93. The Morgan fingerprint density at radius 1 is 1.27 bits per heavy atom. The van der Waals surface area contributed by atoms with Gasteiger partial charge in [-0.15, -0.1) is 11.6 Å². The maximum Gasteiger partial charge on any atom is 0.0645 e. The summed E-state index contributed by atoms with van der Waals surface area (Å²) in [5.41, 5.74) is 2.20. The summed E-state index contributed by atoms with van der Waals surface area (Å²) in [4.78, 5) is 0. The topological polar surface area (TPSA) is 17.8 Å². The predicted molar refractivity (Wildman–Crippen MR) is 63.3 cm³/mol. The van der Waals surface area contributed by atoms with Gasteiger partial charge in [0.15, 0.2) is 0 Å². The lowest BCUT2D eigenvalue weighted by atomic mass is 10.2. The highest BCUT2D eigenvalue weighted by atomic mass is 35.5. The smallest absolute Gasteiger partial charge is 0.0645 e. The van der Waals surface area contributed by atoms with Crippen LogP contribution >= 0.6 is 11.6 Å². The average molecular weight is 219 g/mol. The molecule has 0 bridgehead atoms. The van der Waals surface area contributed by atoms with Crippen LogP contribution in [0.15, 0.2) is 48.8 Å². The molecule has 0 aliphatic heterocycles. The molecule has 15 heavy (non-hydrogen) atoms. The lowest BCUT2D eigenvalue weighted by Gasteiger charge is -2.00. The summed E-state index contributed by atoms with van der Waals surface area (Å²) >= 11 is 5.56. The molecule has 1 aromatic carbocycles. The Hall–Kier alpha value is -1.54. The molecule has 0 unspecified atom stereocenters. The van der Waals surface area contributed by atoms with E-state index in [1.165, 1.54) is 0 Å². The molecular weight excluding hydrogens is 208 g/mol. The van der Waals surface area contributed by atoms with Crippen molar-refractivity contribution >= 4 is 17.7 Å². The Bertz CT molecular complexity index is 429. The van der Waals surface area contributed by atoms with Crippen LogP contribution in [0.3, 0.4) is 0 Å². The predicted octanol–water partition coefficient (Wildman–Crippen LogP) is 3.12. The Morgan fingerprint density at radius 3 is 2.67 bits per heavy atom. The number of alkyl halides is 1. The number of hydrogen-bond donors (Lipinski definition) is 0. The van der Waals surface area contributed by atoms with E-state index >= 15 is 0 Å². The number of rotatable bonds is 3. The molecule has 1 heterocycles. The van der Waals surface area contributed by atoms with E-state index in [0.717, 1.165) is 11.3 Å². The maximum absolute atomic E-state index is 5.56. The number of benzene rings is 1. The average Bonchev–Trinajstić information content (AvgIpc) is 2.80. The minimum absolute atomic E-state index is 0.543. The van der Waals surface area contributed by atoms with Crippen molar-refractivity contribution in [2.45, 2.75) is 0 Å². The molecule has 0 aliphatic carbocycles. The number of allylic oxidation sites excluding steroid dienone is 1. The van der Waals surface area contributed by atoms with Gasteiger partial charge in [-0.1, -0.05) is 24.3 Å². The Kier molecular flexibility index (Phi) is 3.20. The largest absolute Gasteiger partial charge is 0.241 e. The number of hydrogen-bond acceptors (Lipinski definition) is 1. The first-order valence-electron chi connectivity index (χ1n) is 4.73. The summed E-state index contributed by atoms with van der Waals surface area (Å²) < 4.78 is 1.83. The Balaban J connectivity index is 2.21. The summed E-state index contributed by atoms with van der Waals surface area (Å²) in [6, 6.07) is 10.0. The molecule has 3 heteroatoms. The van der Waals surface area contributed by atoms with Gasteiger partial charge in [-0.3, -0.25) is 0 Å². The molecule has 0 aliphatic rings. The van der Waals surface area contributed by atoms with Gasteiger partial charge in [-0.25, -0.2) is 4.68 Å². The van der Waals surface area contributed by atoms with Gasteiger partial charge >= 0.3 is 0 Å². The van der Waals surface area contributed by atoms with Gasteiger partial charge in [0.1, 0.15) is 0 Å². The first-order valence-corrected chi connectivity index (χ1v) is 5.26. The van der Waals surface area contributed by atoms with E-state index in [-0.39, 0.29) is 0 Å². The molecule has 0 fully saturated rings. The molecule has 0 atom stereocenters. The van der Waals surface area contributed by atoms with Gasteiger partial charge in [0.2, 0.25) is 0 Å². The lowest BCUT2D eigenvalue weighted by molar-refractivity contribution is 0.880. The zero-order valence-corrected chi connectivity index (χ0v) is 8.93. The van der Waals surface area contributed by atoms with Gasteiger partial charge in [-0.2, -0.15) is 5.10 Å². The normalized spacial score (nSPS) is 11.0. The molecule has 0 spiro atoms. The monoisotopic (exact) mass is 218 g/mol. The summed E-state index contributed by atoms with van der Waals surface area (Å²) in [5.74, 6) is 0.543. The maximum atomic E-state index is 5.56. The molecular formula is C12H11ClN2. The van der Waals surface area contributed by atoms with E-state index in [2.05, 4.69) is 5.10 Å². The molecule has 0 saturated carbocycles. The molecule has 2 rings (SSSR count). The Labute approximate surface area is 93.8 Å². The molecule has 1 aromatic heterocycles. The highest BCUT2D eigenvalue weighted by Crippen LogP contribution is 2.09. The van der Waals surface area contributed by atoms with E-state index in [0.29, 0.717) is 5.88 Å². The van der Waals surface area contributed by atoms with Crippen LogP contribution in [0.1, 0.15) is 5.56 Å². The minimum Gasteiger partial charge on any atom is -0.241 e. The zero-order chi connectivity index (χ0) is 10.5. The van der Waals surface area contributed by atoms with Crippen molar-refractivity contribution < 1.29 is 0 Å². The van der Waals surface area contributed by atoms with Gasteiger partial charge in [0.05, 0.1) is 5.69 Å². The van der Waals surface area contributed by atoms with Crippen molar-refractivity contribution in [1.82, 2.24) is 9.78 Å². The molecule has 0 amide bonds. The van der Waals surface area contributed by atoms with Crippen molar-refractivity contribution in [3.05, 3.63) is 54.4 Å². The molecule has 0 N–H and O–H groups in total. The van der Waals surface area contributed by atoms with E-state index in [4.69, 9.17) is 11.6 Å². The van der Waals surface area contributed by atoms with Crippen LogP contribution in [0, 0.1) is 0 Å². The molecule has 2 aromatic rings. The summed E-state index contributed by atoms with van der Waals surface area (Å²) in [5, 5.41) is 4.16. The fourth-order valence-corrected chi connectivity index (χ4v) is 1.43. The Morgan fingerprint density at radius 2 is 2.07 bits per heavy atom. The van der Waals surface area contributed by atoms with Crippen molar-refractivity contribution in [3.8, 4) is 5.69 Å². The molecule has 76 valence electrons. The van der Waals surface area contributed by atoms with Crippen molar-refractivity contribution in [2.24, 2.45) is 0 Å². The number of nitrogens with zero attached hydrogens (tertiary/aromatic N) is 2. The van der Waals surface area contributed by atoms with Crippen molar-refractivity contribution in [2.75, 3.05) is 5.88 Å². The quantitative estimate of drug-likeness (QED) is 0.724. The number of halogens is 1. The van der Waals surface area contributed by atoms with Crippen LogP contribution < -0.4 is 0 Å². The first kappa shape index (κ1) is 9.99. The second-order valence-corrected chi connectivity index (χ2v) is 3.41. The summed E-state index contributed by atoms with van der Waals surface area (Å²) in [7, 11) is 0. The van der Waals surface area contributed by atoms with Crippen LogP contribution in [-0.2, 0) is 0 Å². The standard InChI is InChI=1S/C12H11ClN2/c13-8-1-3-11-4-6-12(7-5-11)15-10-2-9-14-15/h1-7,9-10H,8H2/b3-1+. The van der Waals surface area contributed by atoms with E-state index in [9.17, 15) is 0 Å². The first-order chi connectivity index (χ1) is 7.40. The third kappa shape index (κ3) is 2.48. The van der Waals surface area contributed by atoms with Crippen molar-refractivity contribution in [1.29, 1.82) is 0 Å². The zero-order valence-electron chi connectivity index (χ0n) is 8.18. The van der Waals surface area contributed by atoms with Gasteiger partial charge in [0, 0.05) is 18.3 Å². The van der Waals surface area contributed by atoms with Gasteiger partial charge in [0.25, 0.3) is 0 Å². The molecule has 0 saturated heterocycles. The van der Waals surface area contributed by atoms with Gasteiger partial charge < -0.3 is 0 Å². The fourth-order valence-electron chi connectivity index (χ4n) is 1.34. The highest BCUT2D eigenvalue weighted by Gasteiger charge is 1.94. The van der Waals surface area contributed by atoms with Crippen LogP contribution in [0.25, 0.3) is 11.8 Å². The summed E-state index contributed by atoms with van der Waals surface area (Å²) in [6.45, 7) is 0. The van der Waals surface area contributed by atoms with Crippen molar-refractivity contribution in [3.63, 3.8) is 0 Å². The molecule has 2 nitrogen and oxygen atoms in total. The van der Waals surface area contributed by atoms with E-state index in [1.54, 1.807) is 6.20 Å². The van der Waals surface area contributed by atoms with Crippen LogP contribution in [0.5, 0.6) is 0 Å². The minimum atomic E-state index is 0.543. The fraction of sp³-hybridized carbons (Fsp3) is 0.0833. The van der Waals surface area contributed by atoms with E-state index < -0.39 is 0 Å². The third-order valence-corrected chi connectivity index (χ3v) is 2.24. The third-order valence-electron chi connectivity index (χ3n) is 2.06. The second kappa shape index (κ2) is 4.80. The number of aromatic nitrogens is 2. The highest BCUT2D eigenvalue weighted by molar-refractivity contribution is 6.19. The van der Waals surface area contributed by atoms with E-state index in [1.807, 2.05) is 53.4 Å². The molecule has 0 radical (unpaired) electrons. The van der Waals surface area contributed by atoms with Crippen LogP contribution in [-0.4, -0.2) is 15.7 Å². The summed E-state index contributed by atoms with van der Waals surface area (Å²) in [6.07, 6.45) is 7.61. The second-order valence-electron chi connectivity index (χ2n) is 3.10.